The number of hydrogen-bond donors (Lipinski definition) is 1. The summed E-state index contributed by atoms with van der Waals surface area (Å²) >= 11 is 1.74. The molecular weight excluding hydrogens is 216 g/mol. The van der Waals surface area contributed by atoms with Crippen molar-refractivity contribution in [3.63, 3.8) is 0 Å². The summed E-state index contributed by atoms with van der Waals surface area (Å²) in [6.07, 6.45) is 7.52. The van der Waals surface area contributed by atoms with Gasteiger partial charge in [0.2, 0.25) is 0 Å². The van der Waals surface area contributed by atoms with Gasteiger partial charge in [-0.15, -0.1) is 11.3 Å². The lowest BCUT2D eigenvalue weighted by atomic mass is 9.83. The van der Waals surface area contributed by atoms with Crippen LogP contribution in [0.1, 0.15) is 50.6 Å². The minimum absolute atomic E-state index is 0.416. The maximum absolute atomic E-state index is 4.35. The lowest BCUT2D eigenvalue weighted by Crippen LogP contribution is -2.28. The van der Waals surface area contributed by atoms with Crippen molar-refractivity contribution in [3.8, 4) is 0 Å². The van der Waals surface area contributed by atoms with E-state index in [0.29, 0.717) is 6.04 Å². The Kier molecular flexibility index (Phi) is 4.36. The Bertz CT molecular complexity index is 289. The van der Waals surface area contributed by atoms with E-state index in [9.17, 15) is 0 Å². The Morgan fingerprint density at radius 3 is 2.81 bits per heavy atom. The monoisotopic (exact) mass is 238 g/mol. The van der Waals surface area contributed by atoms with Crippen LogP contribution in [0.3, 0.4) is 0 Å². The van der Waals surface area contributed by atoms with E-state index in [1.807, 2.05) is 6.20 Å². The SMILES string of the molecule is CC1CCC(CNC(C)c2nccs2)CC1. The maximum Gasteiger partial charge on any atom is 0.109 e. The Morgan fingerprint density at radius 1 is 1.44 bits per heavy atom. The largest absolute Gasteiger partial charge is 0.308 e. The number of thiazole rings is 1. The minimum atomic E-state index is 0.416. The van der Waals surface area contributed by atoms with Gasteiger partial charge in [-0.3, -0.25) is 0 Å². The quantitative estimate of drug-likeness (QED) is 0.866. The first-order chi connectivity index (χ1) is 7.75. The number of nitrogens with zero attached hydrogens (tertiary/aromatic N) is 1. The van der Waals surface area contributed by atoms with E-state index in [1.165, 1.54) is 30.7 Å². The average Bonchev–Trinajstić information content (AvgIpc) is 2.81. The number of hydrogen-bond acceptors (Lipinski definition) is 3. The molecule has 1 aliphatic carbocycles. The fraction of sp³-hybridized carbons (Fsp3) is 0.769. The lowest BCUT2D eigenvalue weighted by Gasteiger charge is -2.27. The Balaban J connectivity index is 1.71. The molecule has 1 saturated carbocycles. The number of nitrogens with one attached hydrogen (secondary N) is 1. The fourth-order valence-corrected chi connectivity index (χ4v) is 3.08. The highest BCUT2D eigenvalue weighted by Gasteiger charge is 2.18. The molecule has 1 aliphatic rings. The molecule has 1 unspecified atom stereocenters. The molecule has 1 heterocycles. The van der Waals surface area contributed by atoms with Crippen molar-refractivity contribution in [2.75, 3.05) is 6.54 Å². The van der Waals surface area contributed by atoms with Gasteiger partial charge >= 0.3 is 0 Å². The molecule has 0 aliphatic heterocycles. The summed E-state index contributed by atoms with van der Waals surface area (Å²) in [6, 6.07) is 0.416. The van der Waals surface area contributed by atoms with Crippen LogP contribution in [0.15, 0.2) is 11.6 Å². The van der Waals surface area contributed by atoms with Gasteiger partial charge in [0.1, 0.15) is 5.01 Å². The van der Waals surface area contributed by atoms with Crippen LogP contribution >= 0.6 is 11.3 Å². The van der Waals surface area contributed by atoms with Crippen molar-refractivity contribution in [3.05, 3.63) is 16.6 Å². The molecule has 3 heteroatoms. The predicted molar refractivity (Wildman–Crippen MR) is 69.7 cm³/mol. The molecule has 0 spiro atoms. The van der Waals surface area contributed by atoms with Crippen molar-refractivity contribution in [1.82, 2.24) is 10.3 Å². The first-order valence-corrected chi connectivity index (χ1v) is 7.26. The standard InChI is InChI=1S/C13H22N2S/c1-10-3-5-12(6-4-10)9-15-11(2)13-14-7-8-16-13/h7-8,10-12,15H,3-6,9H2,1-2H3. The highest BCUT2D eigenvalue weighted by atomic mass is 32.1. The van der Waals surface area contributed by atoms with E-state index in [-0.39, 0.29) is 0 Å². The van der Waals surface area contributed by atoms with Crippen LogP contribution in [0.4, 0.5) is 0 Å². The van der Waals surface area contributed by atoms with Crippen LogP contribution in [0.5, 0.6) is 0 Å². The van der Waals surface area contributed by atoms with Crippen molar-refractivity contribution >= 4 is 11.3 Å². The molecule has 1 aromatic rings. The second-order valence-corrected chi connectivity index (χ2v) is 6.05. The summed E-state index contributed by atoms with van der Waals surface area (Å²) in [6.45, 7) is 5.75. The summed E-state index contributed by atoms with van der Waals surface area (Å²) in [7, 11) is 0. The second kappa shape index (κ2) is 5.78. The Labute approximate surface area is 102 Å². The summed E-state index contributed by atoms with van der Waals surface area (Å²) in [5.74, 6) is 1.84. The molecule has 1 fully saturated rings. The van der Waals surface area contributed by atoms with Crippen LogP contribution < -0.4 is 5.32 Å². The van der Waals surface area contributed by atoms with Gasteiger partial charge in [0.15, 0.2) is 0 Å². The highest BCUT2D eigenvalue weighted by Crippen LogP contribution is 2.28. The molecule has 1 N–H and O–H groups in total. The van der Waals surface area contributed by atoms with Gasteiger partial charge in [0, 0.05) is 11.6 Å². The van der Waals surface area contributed by atoms with Gasteiger partial charge in [0.25, 0.3) is 0 Å². The molecule has 0 bridgehead atoms. The van der Waals surface area contributed by atoms with Crippen molar-refractivity contribution in [2.45, 2.75) is 45.6 Å². The van der Waals surface area contributed by atoms with E-state index in [1.54, 1.807) is 11.3 Å². The van der Waals surface area contributed by atoms with Crippen molar-refractivity contribution in [2.24, 2.45) is 11.8 Å². The molecule has 16 heavy (non-hydrogen) atoms. The first-order valence-electron chi connectivity index (χ1n) is 6.38. The normalized spacial score (nSPS) is 27.9. The molecule has 1 aromatic heterocycles. The Hall–Kier alpha value is -0.410. The summed E-state index contributed by atoms with van der Waals surface area (Å²) in [5, 5.41) is 6.88. The van der Waals surface area contributed by atoms with E-state index in [0.717, 1.165) is 18.4 Å². The van der Waals surface area contributed by atoms with Gasteiger partial charge < -0.3 is 5.32 Å². The molecule has 1 atom stereocenters. The topological polar surface area (TPSA) is 24.9 Å². The molecule has 0 aromatic carbocycles. The zero-order valence-corrected chi connectivity index (χ0v) is 11.1. The zero-order valence-electron chi connectivity index (χ0n) is 10.3. The van der Waals surface area contributed by atoms with Gasteiger partial charge in [-0.25, -0.2) is 4.98 Å². The summed E-state index contributed by atoms with van der Waals surface area (Å²) < 4.78 is 0. The third-order valence-electron chi connectivity index (χ3n) is 3.67. The molecule has 0 radical (unpaired) electrons. The summed E-state index contributed by atoms with van der Waals surface area (Å²) in [4.78, 5) is 4.35. The van der Waals surface area contributed by atoms with Crippen LogP contribution in [0.25, 0.3) is 0 Å². The second-order valence-electron chi connectivity index (χ2n) is 5.13. The molecule has 2 rings (SSSR count). The van der Waals surface area contributed by atoms with Crippen molar-refractivity contribution < 1.29 is 0 Å². The summed E-state index contributed by atoms with van der Waals surface area (Å²) in [5.41, 5.74) is 0. The maximum atomic E-state index is 4.35. The molecule has 90 valence electrons. The van der Waals surface area contributed by atoms with E-state index < -0.39 is 0 Å². The van der Waals surface area contributed by atoms with Crippen LogP contribution in [0.2, 0.25) is 0 Å². The molecular formula is C13H22N2S. The van der Waals surface area contributed by atoms with E-state index >= 15 is 0 Å². The molecule has 0 amide bonds. The van der Waals surface area contributed by atoms with Crippen molar-refractivity contribution in [1.29, 1.82) is 0 Å². The average molecular weight is 238 g/mol. The fourth-order valence-electron chi connectivity index (χ4n) is 2.41. The number of rotatable bonds is 4. The third-order valence-corrected chi connectivity index (χ3v) is 4.63. The van der Waals surface area contributed by atoms with E-state index in [2.05, 4.69) is 29.5 Å². The van der Waals surface area contributed by atoms with Gasteiger partial charge in [0.05, 0.1) is 6.04 Å². The van der Waals surface area contributed by atoms with Crippen LogP contribution in [-0.2, 0) is 0 Å². The molecule has 0 saturated heterocycles. The third kappa shape index (κ3) is 3.29. The van der Waals surface area contributed by atoms with Crippen LogP contribution in [0, 0.1) is 11.8 Å². The van der Waals surface area contributed by atoms with Gasteiger partial charge in [-0.1, -0.05) is 19.8 Å². The predicted octanol–water partition coefficient (Wildman–Crippen LogP) is 3.62. The minimum Gasteiger partial charge on any atom is -0.308 e. The Morgan fingerprint density at radius 2 is 2.19 bits per heavy atom. The zero-order chi connectivity index (χ0) is 11.4. The molecule has 2 nitrogen and oxygen atoms in total. The van der Waals surface area contributed by atoms with Gasteiger partial charge in [-0.05, 0) is 38.1 Å². The number of aromatic nitrogens is 1. The first kappa shape index (κ1) is 12.1. The lowest BCUT2D eigenvalue weighted by molar-refractivity contribution is 0.276. The van der Waals surface area contributed by atoms with Gasteiger partial charge in [-0.2, -0.15) is 0 Å². The van der Waals surface area contributed by atoms with E-state index in [4.69, 9.17) is 0 Å². The van der Waals surface area contributed by atoms with Crippen LogP contribution in [-0.4, -0.2) is 11.5 Å². The highest BCUT2D eigenvalue weighted by molar-refractivity contribution is 7.09. The smallest absolute Gasteiger partial charge is 0.109 e.